The zero-order valence-electron chi connectivity index (χ0n) is 15.8. The second-order valence-electron chi connectivity index (χ2n) is 6.73. The summed E-state index contributed by atoms with van der Waals surface area (Å²) >= 11 is 0. The third kappa shape index (κ3) is 4.51. The Morgan fingerprint density at radius 3 is 2.83 bits per heavy atom. The van der Waals surface area contributed by atoms with Crippen molar-refractivity contribution in [1.29, 1.82) is 0 Å². The highest BCUT2D eigenvalue weighted by Gasteiger charge is 2.11. The Hall–Kier alpha value is -3.48. The predicted molar refractivity (Wildman–Crippen MR) is 108 cm³/mol. The lowest BCUT2D eigenvalue weighted by molar-refractivity contribution is -0.121. The minimum Gasteiger partial charge on any atom is -0.441 e. The number of amides is 1. The van der Waals surface area contributed by atoms with Gasteiger partial charge in [0.15, 0.2) is 11.7 Å². The summed E-state index contributed by atoms with van der Waals surface area (Å²) in [6, 6.07) is 14.3. The Labute approximate surface area is 167 Å². The molecule has 4 aromatic rings. The molecule has 2 heterocycles. The Balaban J connectivity index is 1.21. The van der Waals surface area contributed by atoms with Gasteiger partial charge >= 0.3 is 0 Å². The maximum atomic E-state index is 13.8. The number of carbonyl (C=O) groups is 1. The number of halogens is 1. The zero-order chi connectivity index (χ0) is 20.1. The van der Waals surface area contributed by atoms with Gasteiger partial charge in [-0.15, -0.1) is 0 Å². The fourth-order valence-electron chi connectivity index (χ4n) is 3.19. The van der Waals surface area contributed by atoms with Gasteiger partial charge in [0.25, 0.3) is 0 Å². The largest absolute Gasteiger partial charge is 0.441 e. The summed E-state index contributed by atoms with van der Waals surface area (Å²) in [6.45, 7) is 1.37. The molecule has 0 saturated heterocycles. The molecule has 0 fully saturated rings. The van der Waals surface area contributed by atoms with Crippen molar-refractivity contribution in [3.8, 4) is 11.3 Å². The first kappa shape index (κ1) is 18.9. The summed E-state index contributed by atoms with van der Waals surface area (Å²) in [5.74, 6) is 0.360. The maximum Gasteiger partial charge on any atom is 0.220 e. The molecule has 0 bridgehead atoms. The van der Waals surface area contributed by atoms with Crippen LogP contribution in [-0.4, -0.2) is 27.0 Å². The number of benzene rings is 2. The topological polar surface area (TPSA) is 73.0 Å². The highest BCUT2D eigenvalue weighted by molar-refractivity contribution is 5.76. The van der Waals surface area contributed by atoms with Gasteiger partial charge in [0.05, 0.1) is 29.1 Å². The van der Waals surface area contributed by atoms with E-state index in [0.717, 1.165) is 24.0 Å². The molecule has 0 saturated carbocycles. The number of hydrogen-bond acceptors (Lipinski definition) is 4. The van der Waals surface area contributed by atoms with Crippen LogP contribution in [0.4, 0.5) is 4.39 Å². The molecule has 7 heteroatoms. The molecule has 0 aliphatic rings. The Bertz CT molecular complexity index is 1120. The Morgan fingerprint density at radius 2 is 1.93 bits per heavy atom. The van der Waals surface area contributed by atoms with Crippen LogP contribution in [0.2, 0.25) is 0 Å². The smallest absolute Gasteiger partial charge is 0.220 e. The summed E-state index contributed by atoms with van der Waals surface area (Å²) in [4.78, 5) is 20.6. The number of nitrogens with one attached hydrogen (secondary N) is 1. The van der Waals surface area contributed by atoms with Crippen molar-refractivity contribution in [2.24, 2.45) is 0 Å². The molecule has 1 amide bonds. The first-order chi connectivity index (χ1) is 14.2. The minimum absolute atomic E-state index is 0.0638. The van der Waals surface area contributed by atoms with E-state index in [9.17, 15) is 9.18 Å². The monoisotopic (exact) mass is 392 g/mol. The third-order valence-electron chi connectivity index (χ3n) is 4.68. The van der Waals surface area contributed by atoms with Gasteiger partial charge in [0, 0.05) is 25.9 Å². The van der Waals surface area contributed by atoms with Crippen LogP contribution in [0.25, 0.3) is 22.4 Å². The number of aromatic nitrogens is 3. The number of aryl methyl sites for hydroxylation is 2. The van der Waals surface area contributed by atoms with Gasteiger partial charge in [-0.3, -0.25) is 4.79 Å². The van der Waals surface area contributed by atoms with Gasteiger partial charge < -0.3 is 14.3 Å². The van der Waals surface area contributed by atoms with E-state index in [2.05, 4.69) is 19.9 Å². The summed E-state index contributed by atoms with van der Waals surface area (Å²) in [5, 5.41) is 2.91. The van der Waals surface area contributed by atoms with Crippen molar-refractivity contribution < 1.29 is 13.6 Å². The molecule has 0 aliphatic carbocycles. The molecule has 2 aromatic carbocycles. The average Bonchev–Trinajstić information content (AvgIpc) is 3.37. The van der Waals surface area contributed by atoms with Gasteiger partial charge in [0.2, 0.25) is 5.91 Å². The van der Waals surface area contributed by atoms with Gasteiger partial charge in [-0.1, -0.05) is 24.3 Å². The van der Waals surface area contributed by atoms with Crippen molar-refractivity contribution in [3.05, 3.63) is 72.8 Å². The molecule has 0 radical (unpaired) electrons. The quantitative estimate of drug-likeness (QED) is 0.461. The van der Waals surface area contributed by atoms with Crippen LogP contribution in [0.3, 0.4) is 0 Å². The van der Waals surface area contributed by atoms with Gasteiger partial charge in [-0.2, -0.15) is 0 Å². The SMILES string of the molecule is O=C(CCc1ncc(-c2ccccc2F)o1)NCCCn1cnc2ccccc21. The molecule has 2 aromatic heterocycles. The molecule has 4 rings (SSSR count). The first-order valence-corrected chi connectivity index (χ1v) is 9.57. The summed E-state index contributed by atoms with van der Waals surface area (Å²) in [6.07, 6.45) is 4.75. The lowest BCUT2D eigenvalue weighted by Crippen LogP contribution is -2.25. The van der Waals surface area contributed by atoms with Crippen LogP contribution in [0, 0.1) is 5.82 Å². The lowest BCUT2D eigenvalue weighted by Gasteiger charge is -2.06. The van der Waals surface area contributed by atoms with Crippen LogP contribution in [0.15, 0.2) is 65.5 Å². The summed E-state index contributed by atoms with van der Waals surface area (Å²) < 4.78 is 21.5. The predicted octanol–water partition coefficient (Wildman–Crippen LogP) is 3.97. The van der Waals surface area contributed by atoms with Crippen LogP contribution in [-0.2, 0) is 17.8 Å². The van der Waals surface area contributed by atoms with Gasteiger partial charge in [0.1, 0.15) is 5.82 Å². The number of rotatable bonds is 8. The fraction of sp³-hybridized carbons (Fsp3) is 0.227. The van der Waals surface area contributed by atoms with E-state index in [4.69, 9.17) is 4.42 Å². The Morgan fingerprint density at radius 1 is 1.10 bits per heavy atom. The van der Waals surface area contributed by atoms with Crippen molar-refractivity contribution in [3.63, 3.8) is 0 Å². The van der Waals surface area contributed by atoms with Crippen LogP contribution in [0.1, 0.15) is 18.7 Å². The molecule has 0 spiro atoms. The second kappa shape index (κ2) is 8.68. The third-order valence-corrected chi connectivity index (χ3v) is 4.68. The number of oxazole rings is 1. The molecule has 29 heavy (non-hydrogen) atoms. The van der Waals surface area contributed by atoms with E-state index in [1.165, 1.54) is 12.3 Å². The highest BCUT2D eigenvalue weighted by atomic mass is 19.1. The van der Waals surface area contributed by atoms with Crippen LogP contribution >= 0.6 is 0 Å². The average molecular weight is 392 g/mol. The van der Waals surface area contributed by atoms with Crippen molar-refractivity contribution in [1.82, 2.24) is 19.9 Å². The van der Waals surface area contributed by atoms with E-state index in [1.54, 1.807) is 18.2 Å². The second-order valence-corrected chi connectivity index (χ2v) is 6.73. The number of imidazole rings is 1. The number of carbonyl (C=O) groups excluding carboxylic acids is 1. The molecule has 6 nitrogen and oxygen atoms in total. The van der Waals surface area contributed by atoms with E-state index in [-0.39, 0.29) is 18.1 Å². The molecular weight excluding hydrogens is 371 g/mol. The van der Waals surface area contributed by atoms with Gasteiger partial charge in [-0.25, -0.2) is 14.4 Å². The highest BCUT2D eigenvalue weighted by Crippen LogP contribution is 2.23. The van der Waals surface area contributed by atoms with Crippen molar-refractivity contribution in [2.45, 2.75) is 25.8 Å². The minimum atomic E-state index is -0.362. The first-order valence-electron chi connectivity index (χ1n) is 9.57. The molecule has 0 atom stereocenters. The number of fused-ring (bicyclic) bond motifs is 1. The number of nitrogens with zero attached hydrogens (tertiary/aromatic N) is 3. The van der Waals surface area contributed by atoms with E-state index < -0.39 is 0 Å². The van der Waals surface area contributed by atoms with E-state index >= 15 is 0 Å². The van der Waals surface area contributed by atoms with Crippen molar-refractivity contribution in [2.75, 3.05) is 6.54 Å². The molecular formula is C22H21FN4O2. The summed E-state index contributed by atoms with van der Waals surface area (Å²) in [5.41, 5.74) is 2.42. The number of para-hydroxylation sites is 2. The zero-order valence-corrected chi connectivity index (χ0v) is 15.8. The molecule has 1 N–H and O–H groups in total. The lowest BCUT2D eigenvalue weighted by atomic mass is 10.2. The van der Waals surface area contributed by atoms with E-state index in [0.29, 0.717) is 30.2 Å². The van der Waals surface area contributed by atoms with Crippen LogP contribution < -0.4 is 5.32 Å². The van der Waals surface area contributed by atoms with Crippen LogP contribution in [0.5, 0.6) is 0 Å². The normalized spacial score (nSPS) is 11.1. The number of hydrogen-bond donors (Lipinski definition) is 1. The molecule has 0 unspecified atom stereocenters. The van der Waals surface area contributed by atoms with Gasteiger partial charge in [-0.05, 0) is 30.7 Å². The maximum absolute atomic E-state index is 13.8. The molecule has 0 aliphatic heterocycles. The summed E-state index contributed by atoms with van der Waals surface area (Å²) in [7, 11) is 0. The van der Waals surface area contributed by atoms with E-state index in [1.807, 2.05) is 30.6 Å². The molecule has 148 valence electrons. The standard InChI is InChI=1S/C22H21FN4O2/c23-17-7-2-1-6-16(17)20-14-25-22(29-20)11-10-21(28)24-12-5-13-27-15-26-18-8-3-4-9-19(18)27/h1-4,6-9,14-15H,5,10-13H2,(H,24,28). The Kier molecular flexibility index (Phi) is 5.65. The fourth-order valence-corrected chi connectivity index (χ4v) is 3.19. The van der Waals surface area contributed by atoms with Crippen molar-refractivity contribution >= 4 is 16.9 Å².